The van der Waals surface area contributed by atoms with E-state index in [2.05, 4.69) is 4.98 Å². The highest BCUT2D eigenvalue weighted by molar-refractivity contribution is 7.09. The Balaban J connectivity index is 1.97. The Labute approximate surface area is 111 Å². The molecule has 1 heterocycles. The van der Waals surface area contributed by atoms with Gasteiger partial charge < -0.3 is 9.47 Å². The van der Waals surface area contributed by atoms with Crippen LogP contribution in [0.3, 0.4) is 0 Å². The van der Waals surface area contributed by atoms with Crippen molar-refractivity contribution in [2.24, 2.45) is 5.92 Å². The van der Waals surface area contributed by atoms with Gasteiger partial charge in [0.2, 0.25) is 0 Å². The van der Waals surface area contributed by atoms with Crippen molar-refractivity contribution < 1.29 is 14.3 Å². The monoisotopic (exact) mass is 269 g/mol. The van der Waals surface area contributed by atoms with Gasteiger partial charge in [-0.1, -0.05) is 0 Å². The number of ether oxygens (including phenoxy) is 2. The minimum absolute atomic E-state index is 0.121. The van der Waals surface area contributed by atoms with Crippen LogP contribution in [0.5, 0.6) is 0 Å². The van der Waals surface area contributed by atoms with Gasteiger partial charge in [-0.3, -0.25) is 4.79 Å². The number of carbonyl (C=O) groups excluding carboxylic acids is 1. The van der Waals surface area contributed by atoms with E-state index in [1.807, 2.05) is 19.2 Å². The standard InChI is InChI=1S/C13H19NO3S/c1-3-16-11(15)7-10-8-18-13(14-10)12(17-4-2)9-5-6-9/h8-9,12H,3-7H2,1-2H3. The Hall–Kier alpha value is -0.940. The maximum absolute atomic E-state index is 11.4. The van der Waals surface area contributed by atoms with E-state index in [0.29, 0.717) is 19.1 Å². The quantitative estimate of drug-likeness (QED) is 0.714. The minimum atomic E-state index is -0.214. The third-order valence-electron chi connectivity index (χ3n) is 2.84. The van der Waals surface area contributed by atoms with E-state index >= 15 is 0 Å². The second-order valence-electron chi connectivity index (χ2n) is 4.37. The van der Waals surface area contributed by atoms with Crippen LogP contribution in [-0.4, -0.2) is 24.2 Å². The molecule has 0 aliphatic heterocycles. The van der Waals surface area contributed by atoms with Gasteiger partial charge >= 0.3 is 5.97 Å². The number of hydrogen-bond donors (Lipinski definition) is 0. The predicted molar refractivity (Wildman–Crippen MR) is 69.5 cm³/mol. The third kappa shape index (κ3) is 3.53. The molecule has 0 N–H and O–H groups in total. The van der Waals surface area contributed by atoms with Gasteiger partial charge in [0.05, 0.1) is 18.7 Å². The predicted octanol–water partition coefficient (Wildman–Crippen LogP) is 2.74. The summed E-state index contributed by atoms with van der Waals surface area (Å²) in [5.74, 6) is 0.403. The molecule has 2 rings (SSSR count). The fourth-order valence-corrected chi connectivity index (χ4v) is 2.84. The second-order valence-corrected chi connectivity index (χ2v) is 5.26. The molecular weight excluding hydrogens is 250 g/mol. The molecule has 0 spiro atoms. The van der Waals surface area contributed by atoms with E-state index in [1.165, 1.54) is 12.8 Å². The molecule has 1 aliphatic carbocycles. The molecule has 1 atom stereocenters. The number of nitrogens with zero attached hydrogens (tertiary/aromatic N) is 1. The lowest BCUT2D eigenvalue weighted by atomic mass is 10.2. The summed E-state index contributed by atoms with van der Waals surface area (Å²) in [4.78, 5) is 15.9. The van der Waals surface area contributed by atoms with Gasteiger partial charge in [0.15, 0.2) is 0 Å². The summed E-state index contributed by atoms with van der Waals surface area (Å²) in [6, 6.07) is 0. The molecule has 0 bridgehead atoms. The van der Waals surface area contributed by atoms with Crippen LogP contribution >= 0.6 is 11.3 Å². The van der Waals surface area contributed by atoms with Crippen molar-refractivity contribution in [1.82, 2.24) is 4.98 Å². The number of esters is 1. The average Bonchev–Trinajstić information content (AvgIpc) is 3.07. The zero-order chi connectivity index (χ0) is 13.0. The second kappa shape index (κ2) is 6.29. The van der Waals surface area contributed by atoms with E-state index in [-0.39, 0.29) is 18.5 Å². The minimum Gasteiger partial charge on any atom is -0.466 e. The lowest BCUT2D eigenvalue weighted by molar-refractivity contribution is -0.142. The van der Waals surface area contributed by atoms with Crippen LogP contribution in [-0.2, 0) is 20.7 Å². The highest BCUT2D eigenvalue weighted by Gasteiger charge is 2.34. The van der Waals surface area contributed by atoms with Crippen LogP contribution in [0.15, 0.2) is 5.38 Å². The molecular formula is C13H19NO3S. The van der Waals surface area contributed by atoms with Crippen molar-refractivity contribution in [3.05, 3.63) is 16.1 Å². The van der Waals surface area contributed by atoms with Gasteiger partial charge in [-0.25, -0.2) is 4.98 Å². The summed E-state index contributed by atoms with van der Waals surface area (Å²) in [7, 11) is 0. The molecule has 1 aliphatic rings. The number of rotatable bonds is 7. The van der Waals surface area contributed by atoms with Crippen molar-refractivity contribution in [1.29, 1.82) is 0 Å². The number of aromatic nitrogens is 1. The normalized spacial score (nSPS) is 16.6. The molecule has 100 valence electrons. The summed E-state index contributed by atoms with van der Waals surface area (Å²) < 4.78 is 10.7. The first-order valence-electron chi connectivity index (χ1n) is 6.46. The number of carbonyl (C=O) groups is 1. The maximum Gasteiger partial charge on any atom is 0.311 e. The summed E-state index contributed by atoms with van der Waals surface area (Å²) in [5, 5.41) is 2.93. The first kappa shape index (κ1) is 13.5. The van der Waals surface area contributed by atoms with Crippen molar-refractivity contribution in [2.45, 2.75) is 39.2 Å². The molecule has 1 aromatic rings. The first-order chi connectivity index (χ1) is 8.74. The van der Waals surface area contributed by atoms with E-state index in [1.54, 1.807) is 11.3 Å². The molecule has 0 aromatic carbocycles. The lowest BCUT2D eigenvalue weighted by Gasteiger charge is -2.12. The van der Waals surface area contributed by atoms with Gasteiger partial charge in [0.25, 0.3) is 0 Å². The Morgan fingerprint density at radius 1 is 1.50 bits per heavy atom. The molecule has 1 saturated carbocycles. The molecule has 0 radical (unpaired) electrons. The van der Waals surface area contributed by atoms with Crippen LogP contribution in [0.2, 0.25) is 0 Å². The van der Waals surface area contributed by atoms with E-state index < -0.39 is 0 Å². The highest BCUT2D eigenvalue weighted by atomic mass is 32.1. The van der Waals surface area contributed by atoms with Gasteiger partial charge in [-0.15, -0.1) is 11.3 Å². The smallest absolute Gasteiger partial charge is 0.311 e. The van der Waals surface area contributed by atoms with Crippen molar-refractivity contribution in [2.75, 3.05) is 13.2 Å². The maximum atomic E-state index is 11.4. The molecule has 4 nitrogen and oxygen atoms in total. The Morgan fingerprint density at radius 2 is 2.28 bits per heavy atom. The first-order valence-corrected chi connectivity index (χ1v) is 7.34. The fourth-order valence-electron chi connectivity index (χ4n) is 1.88. The summed E-state index contributed by atoms with van der Waals surface area (Å²) in [5.41, 5.74) is 0.791. The summed E-state index contributed by atoms with van der Waals surface area (Å²) in [6.07, 6.45) is 2.82. The SMILES string of the molecule is CCOC(=O)Cc1csc(C(OCC)C2CC2)n1. The highest BCUT2D eigenvalue weighted by Crippen LogP contribution is 2.44. The molecule has 1 fully saturated rings. The third-order valence-corrected chi connectivity index (χ3v) is 3.80. The van der Waals surface area contributed by atoms with Crippen LogP contribution in [0, 0.1) is 5.92 Å². The van der Waals surface area contributed by atoms with Crippen LogP contribution in [0.4, 0.5) is 0 Å². The van der Waals surface area contributed by atoms with E-state index in [4.69, 9.17) is 9.47 Å². The van der Waals surface area contributed by atoms with Gasteiger partial charge in [-0.05, 0) is 32.6 Å². The number of hydrogen-bond acceptors (Lipinski definition) is 5. The molecule has 1 aromatic heterocycles. The van der Waals surface area contributed by atoms with E-state index in [9.17, 15) is 4.79 Å². The van der Waals surface area contributed by atoms with Crippen molar-refractivity contribution in [3.63, 3.8) is 0 Å². The van der Waals surface area contributed by atoms with Crippen LogP contribution in [0.1, 0.15) is 43.5 Å². The van der Waals surface area contributed by atoms with Gasteiger partial charge in [0, 0.05) is 12.0 Å². The fraction of sp³-hybridized carbons (Fsp3) is 0.692. The van der Waals surface area contributed by atoms with E-state index in [0.717, 1.165) is 10.7 Å². The topological polar surface area (TPSA) is 48.4 Å². The average molecular weight is 269 g/mol. The zero-order valence-electron chi connectivity index (χ0n) is 10.8. The Kier molecular flexibility index (Phi) is 4.72. The zero-order valence-corrected chi connectivity index (χ0v) is 11.7. The van der Waals surface area contributed by atoms with Crippen LogP contribution in [0.25, 0.3) is 0 Å². The summed E-state index contributed by atoms with van der Waals surface area (Å²) >= 11 is 1.58. The molecule has 0 amide bonds. The van der Waals surface area contributed by atoms with Crippen LogP contribution < -0.4 is 0 Å². The number of thiazole rings is 1. The van der Waals surface area contributed by atoms with Gasteiger partial charge in [-0.2, -0.15) is 0 Å². The molecule has 0 saturated heterocycles. The Bertz CT molecular complexity index is 401. The molecule has 5 heteroatoms. The van der Waals surface area contributed by atoms with Gasteiger partial charge in [0.1, 0.15) is 11.1 Å². The lowest BCUT2D eigenvalue weighted by Crippen LogP contribution is -2.09. The molecule has 18 heavy (non-hydrogen) atoms. The van der Waals surface area contributed by atoms with Crippen molar-refractivity contribution >= 4 is 17.3 Å². The molecule has 1 unspecified atom stereocenters. The summed E-state index contributed by atoms with van der Waals surface area (Å²) in [6.45, 7) is 4.93. The van der Waals surface area contributed by atoms with Crippen molar-refractivity contribution in [3.8, 4) is 0 Å². The largest absolute Gasteiger partial charge is 0.466 e. The Morgan fingerprint density at radius 3 is 2.89 bits per heavy atom.